The van der Waals surface area contributed by atoms with Crippen molar-refractivity contribution in [3.05, 3.63) is 17.7 Å². The minimum atomic E-state index is -3.77. The Labute approximate surface area is 126 Å². The summed E-state index contributed by atoms with van der Waals surface area (Å²) in [6.07, 6.45) is 2.19. The topological polar surface area (TPSA) is 92.7 Å². The Morgan fingerprint density at radius 3 is 2.62 bits per heavy atom. The van der Waals surface area contributed by atoms with E-state index in [0.717, 1.165) is 31.6 Å². The normalized spacial score (nSPS) is 19.5. The van der Waals surface area contributed by atoms with Gasteiger partial charge in [-0.3, -0.25) is 0 Å². The number of nitrogens with zero attached hydrogens (tertiary/aromatic N) is 2. The highest BCUT2D eigenvalue weighted by molar-refractivity contribution is 7.89. The van der Waals surface area contributed by atoms with Crippen LogP contribution in [0.25, 0.3) is 0 Å². The van der Waals surface area contributed by atoms with E-state index in [4.69, 9.17) is 10.9 Å². The third kappa shape index (κ3) is 3.48. The molecule has 118 valence electrons. The Balaban J connectivity index is 2.46. The summed E-state index contributed by atoms with van der Waals surface area (Å²) >= 11 is 0. The number of hydrogen-bond donors (Lipinski definition) is 2. The molecule has 1 atom stereocenters. The molecule has 1 aliphatic rings. The first kappa shape index (κ1) is 16.1. The molecule has 0 bridgehead atoms. The van der Waals surface area contributed by atoms with Crippen molar-refractivity contribution < 1.29 is 8.42 Å². The Morgan fingerprint density at radius 2 is 2.05 bits per heavy atom. The summed E-state index contributed by atoms with van der Waals surface area (Å²) in [4.78, 5) is 4.51. The SMILES string of the molecule is Cc1c(N2CCCC2CN(C)C)cc(N)cc1S(N)(=O)=O. The zero-order valence-electron chi connectivity index (χ0n) is 12.8. The van der Waals surface area contributed by atoms with Crippen LogP contribution in [0.5, 0.6) is 0 Å². The number of nitrogen functional groups attached to an aromatic ring is 1. The largest absolute Gasteiger partial charge is 0.399 e. The van der Waals surface area contributed by atoms with Crippen molar-refractivity contribution in [2.24, 2.45) is 5.14 Å². The third-order valence-electron chi connectivity index (χ3n) is 3.92. The van der Waals surface area contributed by atoms with Crippen LogP contribution < -0.4 is 15.8 Å². The maximum Gasteiger partial charge on any atom is 0.238 e. The number of nitrogens with two attached hydrogens (primary N) is 2. The third-order valence-corrected chi connectivity index (χ3v) is 4.96. The van der Waals surface area contributed by atoms with E-state index in [2.05, 4.69) is 9.80 Å². The molecule has 4 N–H and O–H groups in total. The molecule has 1 aromatic rings. The number of hydrogen-bond acceptors (Lipinski definition) is 5. The summed E-state index contributed by atoms with van der Waals surface area (Å²) in [5.74, 6) is 0. The number of primary sulfonamides is 1. The lowest BCUT2D eigenvalue weighted by atomic mass is 10.1. The van der Waals surface area contributed by atoms with Crippen LogP contribution in [-0.4, -0.2) is 46.5 Å². The van der Waals surface area contributed by atoms with Crippen molar-refractivity contribution in [2.45, 2.75) is 30.7 Å². The van der Waals surface area contributed by atoms with Crippen LogP contribution in [-0.2, 0) is 10.0 Å². The van der Waals surface area contributed by atoms with Gasteiger partial charge in [-0.05, 0) is 51.6 Å². The fraction of sp³-hybridized carbons (Fsp3) is 0.571. The van der Waals surface area contributed by atoms with Gasteiger partial charge in [-0.2, -0.15) is 0 Å². The van der Waals surface area contributed by atoms with E-state index in [0.29, 0.717) is 17.3 Å². The highest BCUT2D eigenvalue weighted by atomic mass is 32.2. The molecular formula is C14H24N4O2S. The van der Waals surface area contributed by atoms with Crippen molar-refractivity contribution in [1.82, 2.24) is 4.90 Å². The molecule has 0 aliphatic carbocycles. The van der Waals surface area contributed by atoms with Crippen LogP contribution >= 0.6 is 0 Å². The lowest BCUT2D eigenvalue weighted by molar-refractivity contribution is 0.372. The average molecular weight is 312 g/mol. The second-order valence-electron chi connectivity index (χ2n) is 5.96. The van der Waals surface area contributed by atoms with Gasteiger partial charge in [0, 0.05) is 30.5 Å². The van der Waals surface area contributed by atoms with Gasteiger partial charge < -0.3 is 15.5 Å². The van der Waals surface area contributed by atoms with E-state index in [-0.39, 0.29) is 4.90 Å². The molecule has 0 saturated carbocycles. The first-order valence-corrected chi connectivity index (χ1v) is 8.59. The van der Waals surface area contributed by atoms with Crippen LogP contribution in [0.15, 0.2) is 17.0 Å². The highest BCUT2D eigenvalue weighted by Gasteiger charge is 2.28. The molecule has 6 nitrogen and oxygen atoms in total. The predicted octanol–water partition coefficient (Wildman–Crippen LogP) is 0.755. The summed E-state index contributed by atoms with van der Waals surface area (Å²) in [6, 6.07) is 3.65. The van der Waals surface area contributed by atoms with Crippen molar-refractivity contribution in [2.75, 3.05) is 37.8 Å². The van der Waals surface area contributed by atoms with E-state index >= 15 is 0 Å². The summed E-state index contributed by atoms with van der Waals surface area (Å²) in [6.45, 7) is 3.63. The van der Waals surface area contributed by atoms with E-state index < -0.39 is 10.0 Å². The van der Waals surface area contributed by atoms with Gasteiger partial charge in [-0.15, -0.1) is 0 Å². The Kier molecular flexibility index (Phi) is 4.46. The van der Waals surface area contributed by atoms with Crippen molar-refractivity contribution >= 4 is 21.4 Å². The van der Waals surface area contributed by atoms with Crippen LogP contribution in [0, 0.1) is 6.92 Å². The number of benzene rings is 1. The molecule has 1 saturated heterocycles. The number of rotatable bonds is 4. The minimum Gasteiger partial charge on any atom is -0.399 e. The van der Waals surface area contributed by atoms with E-state index in [9.17, 15) is 8.42 Å². The molecule has 0 radical (unpaired) electrons. The maximum absolute atomic E-state index is 11.7. The molecule has 0 aromatic heterocycles. The second kappa shape index (κ2) is 5.82. The lowest BCUT2D eigenvalue weighted by Crippen LogP contribution is -2.38. The molecule has 1 fully saturated rings. The summed E-state index contributed by atoms with van der Waals surface area (Å²) in [7, 11) is 0.315. The average Bonchev–Trinajstić information content (AvgIpc) is 2.77. The van der Waals surface area contributed by atoms with Gasteiger partial charge in [-0.1, -0.05) is 0 Å². The predicted molar refractivity (Wildman–Crippen MR) is 85.9 cm³/mol. The first-order valence-electron chi connectivity index (χ1n) is 7.04. The smallest absolute Gasteiger partial charge is 0.238 e. The van der Waals surface area contributed by atoms with Crippen LogP contribution in [0.3, 0.4) is 0 Å². The van der Waals surface area contributed by atoms with Crippen LogP contribution in [0.4, 0.5) is 11.4 Å². The maximum atomic E-state index is 11.7. The Hall–Kier alpha value is -1.31. The number of anilines is 2. The summed E-state index contributed by atoms with van der Waals surface area (Å²) in [5, 5.41) is 5.30. The van der Waals surface area contributed by atoms with Gasteiger partial charge in [0.25, 0.3) is 0 Å². The summed E-state index contributed by atoms with van der Waals surface area (Å²) in [5.41, 5.74) is 7.86. The molecule has 0 spiro atoms. The van der Waals surface area contributed by atoms with Gasteiger partial charge in [0.1, 0.15) is 0 Å². The van der Waals surface area contributed by atoms with Gasteiger partial charge in [0.15, 0.2) is 0 Å². The van der Waals surface area contributed by atoms with E-state index in [1.54, 1.807) is 6.92 Å². The van der Waals surface area contributed by atoms with Gasteiger partial charge in [0.05, 0.1) is 4.90 Å². The van der Waals surface area contributed by atoms with Gasteiger partial charge >= 0.3 is 0 Å². The number of likely N-dealkylation sites (N-methyl/N-ethyl adjacent to an activating group) is 1. The number of sulfonamides is 1. The van der Waals surface area contributed by atoms with Gasteiger partial charge in [-0.25, -0.2) is 13.6 Å². The highest BCUT2D eigenvalue weighted by Crippen LogP contribution is 2.33. The Bertz CT molecular complexity index is 628. The zero-order valence-corrected chi connectivity index (χ0v) is 13.7. The monoisotopic (exact) mass is 312 g/mol. The molecule has 1 heterocycles. The lowest BCUT2D eigenvalue weighted by Gasteiger charge is -2.31. The molecule has 0 amide bonds. The quantitative estimate of drug-likeness (QED) is 0.801. The molecule has 7 heteroatoms. The van der Waals surface area contributed by atoms with Crippen molar-refractivity contribution in [1.29, 1.82) is 0 Å². The van der Waals surface area contributed by atoms with E-state index in [1.165, 1.54) is 6.07 Å². The molecule has 1 aromatic carbocycles. The molecule has 1 aliphatic heterocycles. The molecule has 2 rings (SSSR count). The summed E-state index contributed by atoms with van der Waals surface area (Å²) < 4.78 is 23.5. The molecule has 21 heavy (non-hydrogen) atoms. The van der Waals surface area contributed by atoms with E-state index in [1.807, 2.05) is 20.2 Å². The second-order valence-corrected chi connectivity index (χ2v) is 7.49. The fourth-order valence-corrected chi connectivity index (χ4v) is 3.88. The fourth-order valence-electron chi connectivity index (χ4n) is 3.05. The van der Waals surface area contributed by atoms with Crippen molar-refractivity contribution in [3.63, 3.8) is 0 Å². The molecule has 1 unspecified atom stereocenters. The molecular weight excluding hydrogens is 288 g/mol. The Morgan fingerprint density at radius 1 is 1.38 bits per heavy atom. The van der Waals surface area contributed by atoms with Crippen molar-refractivity contribution in [3.8, 4) is 0 Å². The van der Waals surface area contributed by atoms with Crippen LogP contribution in [0.2, 0.25) is 0 Å². The first-order chi connectivity index (χ1) is 9.70. The minimum absolute atomic E-state index is 0.119. The van der Waals surface area contributed by atoms with Gasteiger partial charge in [0.2, 0.25) is 10.0 Å². The van der Waals surface area contributed by atoms with Crippen LogP contribution in [0.1, 0.15) is 18.4 Å². The standard InChI is InChI=1S/C14H24N4O2S/c1-10-13(7-11(15)8-14(10)21(16,19)20)18-6-4-5-12(18)9-17(2)3/h7-8,12H,4-6,9,15H2,1-3H3,(H2,16,19,20). The zero-order chi connectivity index (χ0) is 15.8.